The van der Waals surface area contributed by atoms with Crippen LogP contribution in [0.3, 0.4) is 0 Å². The van der Waals surface area contributed by atoms with Crippen LogP contribution in [0.1, 0.15) is 0 Å². The third-order valence-corrected chi connectivity index (χ3v) is 2.13. The van der Waals surface area contributed by atoms with E-state index < -0.39 is 0 Å². The third kappa shape index (κ3) is 10.6. The molecule has 0 aromatic carbocycles. The first-order chi connectivity index (χ1) is 6.81. The molecule has 0 bridgehead atoms. The Bertz CT molecular complexity index is 116. The van der Waals surface area contributed by atoms with Gasteiger partial charge in [-0.1, -0.05) is 22.6 Å². The van der Waals surface area contributed by atoms with Crippen molar-refractivity contribution < 1.29 is 14.6 Å². The average Bonchev–Trinajstić information content (AvgIpc) is 2.17. The minimum Gasteiger partial charge on any atom is -0.395 e. The summed E-state index contributed by atoms with van der Waals surface area (Å²) in [5.74, 6) is 0. The zero-order chi connectivity index (χ0) is 10.6. The van der Waals surface area contributed by atoms with Gasteiger partial charge in [0.05, 0.1) is 33.0 Å². The number of nitrogens with zero attached hydrogens (tertiary/aromatic N) is 1. The summed E-state index contributed by atoms with van der Waals surface area (Å²) in [5.41, 5.74) is 0. The van der Waals surface area contributed by atoms with Gasteiger partial charge in [-0.25, -0.2) is 0 Å². The Morgan fingerprint density at radius 2 is 1.71 bits per heavy atom. The predicted octanol–water partition coefficient (Wildman–Crippen LogP) is 0.379. The van der Waals surface area contributed by atoms with Gasteiger partial charge in [0.15, 0.2) is 0 Å². The molecular weight excluding hydrogens is 297 g/mol. The van der Waals surface area contributed by atoms with E-state index in [0.717, 1.165) is 17.6 Å². The second kappa shape index (κ2) is 11.6. The highest BCUT2D eigenvalue weighted by atomic mass is 127. The summed E-state index contributed by atoms with van der Waals surface area (Å²) in [6.07, 6.45) is 0. The number of halogens is 1. The second-order valence-electron chi connectivity index (χ2n) is 2.94. The number of aliphatic hydroxyl groups is 1. The van der Waals surface area contributed by atoms with Crippen LogP contribution in [0.15, 0.2) is 0 Å². The van der Waals surface area contributed by atoms with E-state index in [1.165, 1.54) is 0 Å². The van der Waals surface area contributed by atoms with Gasteiger partial charge in [-0.3, -0.25) is 0 Å². The van der Waals surface area contributed by atoms with Crippen molar-refractivity contribution in [3.05, 3.63) is 0 Å². The van der Waals surface area contributed by atoms with Crippen LogP contribution in [-0.2, 0) is 9.47 Å². The monoisotopic (exact) mass is 317 g/mol. The summed E-state index contributed by atoms with van der Waals surface area (Å²) in [7, 11) is 1.96. The number of hydrogen-bond acceptors (Lipinski definition) is 4. The normalized spacial score (nSPS) is 11.1. The fourth-order valence-electron chi connectivity index (χ4n) is 0.879. The molecule has 0 saturated carbocycles. The first kappa shape index (κ1) is 14.6. The molecule has 0 aromatic heterocycles. The predicted molar refractivity (Wildman–Crippen MR) is 65.1 cm³/mol. The molecule has 0 radical (unpaired) electrons. The Morgan fingerprint density at radius 3 is 2.29 bits per heavy atom. The molecule has 0 saturated heterocycles. The average molecular weight is 317 g/mol. The van der Waals surface area contributed by atoms with Crippen LogP contribution in [0.5, 0.6) is 0 Å². The van der Waals surface area contributed by atoms with Crippen molar-refractivity contribution in [2.24, 2.45) is 0 Å². The van der Waals surface area contributed by atoms with Gasteiger partial charge in [-0.15, -0.1) is 0 Å². The Morgan fingerprint density at radius 1 is 1.07 bits per heavy atom. The van der Waals surface area contributed by atoms with Crippen molar-refractivity contribution in [3.63, 3.8) is 0 Å². The Kier molecular flexibility index (Phi) is 12.1. The standard InChI is InChI=1S/C9H20INO3/c1-11(3-5-12)4-7-14-9-8-13-6-2-10/h12H,2-9H2,1H3. The molecule has 0 aromatic rings. The lowest BCUT2D eigenvalue weighted by molar-refractivity contribution is 0.0452. The molecule has 0 aliphatic rings. The quantitative estimate of drug-likeness (QED) is 0.359. The van der Waals surface area contributed by atoms with Crippen LogP contribution >= 0.6 is 22.6 Å². The molecule has 0 rings (SSSR count). The van der Waals surface area contributed by atoms with E-state index in [0.29, 0.717) is 26.4 Å². The maximum atomic E-state index is 8.63. The van der Waals surface area contributed by atoms with Crippen LogP contribution in [0.2, 0.25) is 0 Å². The smallest absolute Gasteiger partial charge is 0.0701 e. The van der Waals surface area contributed by atoms with Crippen LogP contribution in [0.4, 0.5) is 0 Å². The van der Waals surface area contributed by atoms with E-state index in [-0.39, 0.29) is 6.61 Å². The van der Waals surface area contributed by atoms with Crippen molar-refractivity contribution in [1.29, 1.82) is 0 Å². The summed E-state index contributed by atoms with van der Waals surface area (Å²) in [6.45, 7) is 4.59. The molecule has 0 amide bonds. The third-order valence-electron chi connectivity index (χ3n) is 1.69. The molecule has 1 N–H and O–H groups in total. The van der Waals surface area contributed by atoms with Crippen LogP contribution < -0.4 is 0 Å². The van der Waals surface area contributed by atoms with Crippen molar-refractivity contribution >= 4 is 22.6 Å². The van der Waals surface area contributed by atoms with Crippen LogP contribution in [0.25, 0.3) is 0 Å². The van der Waals surface area contributed by atoms with E-state index in [1.807, 2.05) is 11.9 Å². The minimum absolute atomic E-state index is 0.204. The molecule has 0 fully saturated rings. The SMILES string of the molecule is CN(CCO)CCOCCOCCI. The van der Waals surface area contributed by atoms with Gasteiger partial charge in [-0.2, -0.15) is 0 Å². The zero-order valence-electron chi connectivity index (χ0n) is 8.75. The Hall–Kier alpha value is 0.570. The first-order valence-electron chi connectivity index (χ1n) is 4.82. The van der Waals surface area contributed by atoms with Gasteiger partial charge in [0.25, 0.3) is 0 Å². The molecule has 14 heavy (non-hydrogen) atoms. The maximum Gasteiger partial charge on any atom is 0.0701 e. The highest BCUT2D eigenvalue weighted by Gasteiger charge is 1.96. The summed E-state index contributed by atoms with van der Waals surface area (Å²) in [4.78, 5) is 2.03. The zero-order valence-corrected chi connectivity index (χ0v) is 10.9. The first-order valence-corrected chi connectivity index (χ1v) is 6.34. The molecule has 0 atom stereocenters. The summed E-state index contributed by atoms with van der Waals surface area (Å²) >= 11 is 2.28. The van der Waals surface area contributed by atoms with Gasteiger partial charge in [-0.05, 0) is 7.05 Å². The maximum absolute atomic E-state index is 8.63. The summed E-state index contributed by atoms with van der Waals surface area (Å²) in [5, 5.41) is 8.63. The van der Waals surface area contributed by atoms with E-state index in [4.69, 9.17) is 14.6 Å². The molecule has 0 heterocycles. The van der Waals surface area contributed by atoms with Gasteiger partial charge < -0.3 is 19.5 Å². The van der Waals surface area contributed by atoms with Crippen molar-refractivity contribution in [3.8, 4) is 0 Å². The fraction of sp³-hybridized carbons (Fsp3) is 1.00. The van der Waals surface area contributed by atoms with Crippen molar-refractivity contribution in [2.75, 3.05) is 57.6 Å². The molecule has 86 valence electrons. The van der Waals surface area contributed by atoms with Gasteiger partial charge in [0, 0.05) is 17.5 Å². The Balaban J connectivity index is 2.98. The molecule has 0 aliphatic heterocycles. The number of rotatable bonds is 10. The molecule has 5 heteroatoms. The van der Waals surface area contributed by atoms with E-state index in [9.17, 15) is 0 Å². The van der Waals surface area contributed by atoms with Crippen LogP contribution in [-0.4, -0.2) is 67.6 Å². The fourth-order valence-corrected chi connectivity index (χ4v) is 1.19. The van der Waals surface area contributed by atoms with Gasteiger partial charge >= 0.3 is 0 Å². The molecule has 0 unspecified atom stereocenters. The van der Waals surface area contributed by atoms with Crippen molar-refractivity contribution in [2.45, 2.75) is 0 Å². The number of ether oxygens (including phenoxy) is 2. The number of likely N-dealkylation sites (N-methyl/N-ethyl adjacent to an activating group) is 1. The lowest BCUT2D eigenvalue weighted by Crippen LogP contribution is -2.26. The number of aliphatic hydroxyl groups excluding tert-OH is 1. The lowest BCUT2D eigenvalue weighted by Gasteiger charge is -2.14. The summed E-state index contributed by atoms with van der Waals surface area (Å²) in [6, 6.07) is 0. The second-order valence-corrected chi connectivity index (χ2v) is 4.02. The largest absolute Gasteiger partial charge is 0.395 e. The highest BCUT2D eigenvalue weighted by molar-refractivity contribution is 14.1. The lowest BCUT2D eigenvalue weighted by atomic mass is 10.5. The molecule has 4 nitrogen and oxygen atoms in total. The molecule has 0 spiro atoms. The Labute approximate surface area is 99.7 Å². The van der Waals surface area contributed by atoms with E-state index in [1.54, 1.807) is 0 Å². The van der Waals surface area contributed by atoms with Crippen molar-refractivity contribution in [1.82, 2.24) is 4.90 Å². The number of hydrogen-bond donors (Lipinski definition) is 1. The van der Waals surface area contributed by atoms with Gasteiger partial charge in [0.2, 0.25) is 0 Å². The van der Waals surface area contributed by atoms with E-state index in [2.05, 4.69) is 22.6 Å². The minimum atomic E-state index is 0.204. The molecular formula is C9H20INO3. The molecule has 0 aliphatic carbocycles. The highest BCUT2D eigenvalue weighted by Crippen LogP contribution is 1.85. The number of alkyl halides is 1. The van der Waals surface area contributed by atoms with Crippen LogP contribution in [0, 0.1) is 0 Å². The van der Waals surface area contributed by atoms with Gasteiger partial charge in [0.1, 0.15) is 0 Å². The summed E-state index contributed by atoms with van der Waals surface area (Å²) < 4.78 is 11.6. The topological polar surface area (TPSA) is 41.9 Å². The van der Waals surface area contributed by atoms with E-state index >= 15 is 0 Å².